The van der Waals surface area contributed by atoms with Crippen molar-refractivity contribution < 1.29 is 0 Å². The molecule has 30 heavy (non-hydrogen) atoms. The van der Waals surface area contributed by atoms with Gasteiger partial charge in [0.2, 0.25) is 0 Å². The van der Waals surface area contributed by atoms with Crippen LogP contribution in [0.15, 0.2) is 109 Å². The highest BCUT2D eigenvalue weighted by atomic mass is 32.1. The summed E-state index contributed by atoms with van der Waals surface area (Å²) in [6.07, 6.45) is 0. The summed E-state index contributed by atoms with van der Waals surface area (Å²) in [5.41, 5.74) is 4.68. The molecule has 1 nitrogen and oxygen atoms in total. The van der Waals surface area contributed by atoms with Gasteiger partial charge in [0.15, 0.2) is 0 Å². The Balaban J connectivity index is 1.37. The van der Waals surface area contributed by atoms with Crippen LogP contribution in [0.1, 0.15) is 0 Å². The van der Waals surface area contributed by atoms with Crippen molar-refractivity contribution in [1.29, 1.82) is 0 Å². The van der Waals surface area contributed by atoms with Crippen LogP contribution >= 0.6 is 11.3 Å². The number of fused-ring (bicyclic) bond motifs is 5. The van der Waals surface area contributed by atoms with Gasteiger partial charge in [0.1, 0.15) is 0 Å². The lowest BCUT2D eigenvalue weighted by molar-refractivity contribution is 1.56. The summed E-state index contributed by atoms with van der Waals surface area (Å²) < 4.78 is 2.69. The first-order valence-corrected chi connectivity index (χ1v) is 10.9. The lowest BCUT2D eigenvalue weighted by Gasteiger charge is -2.08. The van der Waals surface area contributed by atoms with Crippen molar-refractivity contribution in [2.75, 3.05) is 5.32 Å². The molecule has 0 atom stereocenters. The van der Waals surface area contributed by atoms with Gasteiger partial charge >= 0.3 is 0 Å². The Morgan fingerprint density at radius 2 is 1.23 bits per heavy atom. The summed E-state index contributed by atoms with van der Waals surface area (Å²) in [5.74, 6) is 0. The van der Waals surface area contributed by atoms with Crippen LogP contribution in [-0.2, 0) is 0 Å². The van der Waals surface area contributed by atoms with Crippen molar-refractivity contribution in [2.45, 2.75) is 0 Å². The second-order valence-corrected chi connectivity index (χ2v) is 8.60. The van der Waals surface area contributed by atoms with Crippen LogP contribution in [0.3, 0.4) is 0 Å². The van der Waals surface area contributed by atoms with Crippen molar-refractivity contribution in [3.63, 3.8) is 0 Å². The number of benzene rings is 5. The van der Waals surface area contributed by atoms with E-state index >= 15 is 0 Å². The van der Waals surface area contributed by atoms with E-state index in [0.29, 0.717) is 0 Å². The van der Waals surface area contributed by atoms with E-state index in [0.717, 1.165) is 11.4 Å². The third-order valence-electron chi connectivity index (χ3n) is 5.64. The molecule has 0 aliphatic carbocycles. The molecule has 2 heteroatoms. The Morgan fingerprint density at radius 3 is 2.10 bits per heavy atom. The fourth-order valence-electron chi connectivity index (χ4n) is 4.13. The summed E-state index contributed by atoms with van der Waals surface area (Å²) >= 11 is 1.88. The molecule has 6 aromatic rings. The summed E-state index contributed by atoms with van der Waals surface area (Å²) in [4.78, 5) is 0. The smallest absolute Gasteiger partial charge is 0.0433 e. The first-order valence-electron chi connectivity index (χ1n) is 10.1. The number of anilines is 2. The van der Waals surface area contributed by atoms with E-state index in [2.05, 4.69) is 108 Å². The van der Waals surface area contributed by atoms with E-state index < -0.39 is 0 Å². The molecule has 5 aromatic carbocycles. The van der Waals surface area contributed by atoms with Crippen molar-refractivity contribution in [2.24, 2.45) is 0 Å². The minimum Gasteiger partial charge on any atom is -0.356 e. The predicted molar refractivity (Wildman–Crippen MR) is 132 cm³/mol. The van der Waals surface area contributed by atoms with Crippen LogP contribution in [0, 0.1) is 0 Å². The molecule has 0 amide bonds. The van der Waals surface area contributed by atoms with E-state index in [4.69, 9.17) is 0 Å². The molecule has 1 N–H and O–H groups in total. The molecule has 0 spiro atoms. The molecular weight excluding hydrogens is 382 g/mol. The van der Waals surface area contributed by atoms with Gasteiger partial charge in [-0.2, -0.15) is 0 Å². The summed E-state index contributed by atoms with van der Waals surface area (Å²) in [7, 11) is 0. The van der Waals surface area contributed by atoms with Gasteiger partial charge < -0.3 is 5.32 Å². The van der Waals surface area contributed by atoms with Crippen LogP contribution in [0.2, 0.25) is 0 Å². The van der Waals surface area contributed by atoms with Crippen LogP contribution in [0.5, 0.6) is 0 Å². The second kappa shape index (κ2) is 7.01. The van der Waals surface area contributed by atoms with Gasteiger partial charge in [-0.3, -0.25) is 0 Å². The topological polar surface area (TPSA) is 12.0 Å². The van der Waals surface area contributed by atoms with Gasteiger partial charge in [-0.25, -0.2) is 0 Å². The van der Waals surface area contributed by atoms with E-state index in [1.54, 1.807) is 0 Å². The molecule has 0 fully saturated rings. The molecule has 0 saturated heterocycles. The highest BCUT2D eigenvalue weighted by Gasteiger charge is 2.09. The zero-order valence-corrected chi connectivity index (χ0v) is 17.1. The molecule has 0 saturated carbocycles. The molecule has 1 heterocycles. The van der Waals surface area contributed by atoms with Crippen molar-refractivity contribution in [3.8, 4) is 11.1 Å². The third kappa shape index (κ3) is 2.94. The third-order valence-corrected chi connectivity index (χ3v) is 6.86. The molecule has 0 aliphatic heterocycles. The number of rotatable bonds is 3. The summed E-state index contributed by atoms with van der Waals surface area (Å²) in [5, 5.41) is 8.85. The minimum absolute atomic E-state index is 1.10. The monoisotopic (exact) mass is 401 g/mol. The Bertz CT molecular complexity index is 1490. The largest absolute Gasteiger partial charge is 0.356 e. The van der Waals surface area contributed by atoms with E-state index in [1.807, 2.05) is 17.4 Å². The van der Waals surface area contributed by atoms with Crippen LogP contribution in [0.25, 0.3) is 42.1 Å². The molecule has 142 valence electrons. The van der Waals surface area contributed by atoms with Crippen LogP contribution in [-0.4, -0.2) is 0 Å². The van der Waals surface area contributed by atoms with Gasteiger partial charge in [0.25, 0.3) is 0 Å². The zero-order valence-electron chi connectivity index (χ0n) is 16.3. The highest BCUT2D eigenvalue weighted by Crippen LogP contribution is 2.39. The maximum absolute atomic E-state index is 3.57. The van der Waals surface area contributed by atoms with Gasteiger partial charge in [-0.05, 0) is 52.2 Å². The normalized spacial score (nSPS) is 11.3. The van der Waals surface area contributed by atoms with E-state index in [-0.39, 0.29) is 0 Å². The van der Waals surface area contributed by atoms with E-state index in [1.165, 1.54) is 42.1 Å². The predicted octanol–water partition coefficient (Wildman–Crippen LogP) is 8.62. The van der Waals surface area contributed by atoms with Crippen molar-refractivity contribution in [3.05, 3.63) is 109 Å². The maximum atomic E-state index is 3.57. The average Bonchev–Trinajstić information content (AvgIpc) is 3.19. The first kappa shape index (κ1) is 17.3. The van der Waals surface area contributed by atoms with Gasteiger partial charge in [0, 0.05) is 31.5 Å². The average molecular weight is 402 g/mol. The number of hydrogen-bond donors (Lipinski definition) is 1. The Kier molecular flexibility index (Phi) is 4.03. The van der Waals surface area contributed by atoms with Gasteiger partial charge in [-0.15, -0.1) is 11.3 Å². The number of thiophene rings is 1. The second-order valence-electron chi connectivity index (χ2n) is 7.54. The molecule has 0 radical (unpaired) electrons. The first-order chi connectivity index (χ1) is 14.8. The molecular formula is C28H19NS. The Hall–Kier alpha value is -3.62. The highest BCUT2D eigenvalue weighted by molar-refractivity contribution is 7.26. The fraction of sp³-hybridized carbons (Fsp3) is 0. The SMILES string of the molecule is c1ccc(-c2ccc(Nc3ccc4sc5c6ccccc6ccc5c4c3)cc2)cc1. The van der Waals surface area contributed by atoms with Crippen molar-refractivity contribution in [1.82, 2.24) is 0 Å². The zero-order chi connectivity index (χ0) is 19.9. The molecule has 0 bridgehead atoms. The lowest BCUT2D eigenvalue weighted by Crippen LogP contribution is -1.89. The van der Waals surface area contributed by atoms with Crippen molar-refractivity contribution >= 4 is 53.7 Å². The number of nitrogens with one attached hydrogen (secondary N) is 1. The Labute approximate surface area is 179 Å². The summed E-state index contributed by atoms with van der Waals surface area (Å²) in [6, 6.07) is 38.9. The fourth-order valence-corrected chi connectivity index (χ4v) is 5.34. The van der Waals surface area contributed by atoms with E-state index in [9.17, 15) is 0 Å². The molecule has 0 unspecified atom stereocenters. The molecule has 0 aliphatic rings. The maximum Gasteiger partial charge on any atom is 0.0433 e. The molecule has 1 aromatic heterocycles. The standard InChI is InChI=1S/C28H19NS/c1-2-6-19(7-3-1)20-10-13-22(14-11-20)29-23-15-17-27-26(18-23)25-16-12-21-8-4-5-9-24(21)28(25)30-27/h1-18,29H. The lowest BCUT2D eigenvalue weighted by atomic mass is 10.1. The Morgan fingerprint density at radius 1 is 0.500 bits per heavy atom. The quantitative estimate of drug-likeness (QED) is 0.313. The van der Waals surface area contributed by atoms with Gasteiger partial charge in [0.05, 0.1) is 0 Å². The van der Waals surface area contributed by atoms with Gasteiger partial charge in [-0.1, -0.05) is 78.9 Å². The minimum atomic E-state index is 1.10. The summed E-state index contributed by atoms with van der Waals surface area (Å²) in [6.45, 7) is 0. The number of hydrogen-bond acceptors (Lipinski definition) is 2. The molecule has 6 rings (SSSR count). The van der Waals surface area contributed by atoms with Crippen LogP contribution in [0.4, 0.5) is 11.4 Å². The van der Waals surface area contributed by atoms with Crippen LogP contribution < -0.4 is 5.32 Å².